The molecule has 3 nitrogen and oxygen atoms in total. The minimum atomic E-state index is -0.178. The molecule has 1 aromatic carbocycles. The van der Waals surface area contributed by atoms with Gasteiger partial charge in [0.15, 0.2) is 0 Å². The van der Waals surface area contributed by atoms with Gasteiger partial charge in [-0.1, -0.05) is 19.1 Å². The Labute approximate surface area is 107 Å². The Hall–Kier alpha value is -1.51. The summed E-state index contributed by atoms with van der Waals surface area (Å²) in [6.07, 6.45) is 3.14. The summed E-state index contributed by atoms with van der Waals surface area (Å²) in [6, 6.07) is 6.34. The van der Waals surface area contributed by atoms with Gasteiger partial charge in [-0.15, -0.1) is 0 Å². The number of carbonyl (C=O) groups is 1. The summed E-state index contributed by atoms with van der Waals surface area (Å²) in [7, 11) is 0. The van der Waals surface area contributed by atoms with Gasteiger partial charge in [0.1, 0.15) is 5.75 Å². The van der Waals surface area contributed by atoms with Crippen molar-refractivity contribution >= 4 is 5.91 Å². The maximum atomic E-state index is 11.1. The number of benzene rings is 1. The van der Waals surface area contributed by atoms with Gasteiger partial charge in [-0.3, -0.25) is 4.79 Å². The maximum absolute atomic E-state index is 11.1. The Balaban J connectivity index is 1.72. The number of rotatable bonds is 4. The van der Waals surface area contributed by atoms with Gasteiger partial charge in [-0.2, -0.15) is 0 Å². The molecule has 1 aromatic rings. The van der Waals surface area contributed by atoms with Crippen LogP contribution < -0.4 is 10.5 Å². The predicted octanol–water partition coefficient (Wildman–Crippen LogP) is 2.24. The van der Waals surface area contributed by atoms with Gasteiger partial charge in [-0.25, -0.2) is 0 Å². The van der Waals surface area contributed by atoms with Crippen molar-refractivity contribution in [1.82, 2.24) is 0 Å². The molecule has 2 aliphatic rings. The number of fused-ring (bicyclic) bond motifs is 1. The number of hydrogen-bond donors (Lipinski definition) is 1. The predicted molar refractivity (Wildman–Crippen MR) is 69.5 cm³/mol. The first kappa shape index (κ1) is 11.6. The maximum Gasteiger partial charge on any atom is 0.220 e. The standard InChI is InChI=1S/C15H19NO2/c1-9(15(16)17)7-10-8-13(10)11-3-2-4-14-12(11)5-6-18-14/h2-4,9-10,13H,5-8H2,1H3,(H2,16,17). The van der Waals surface area contributed by atoms with Crippen LogP contribution in [0.1, 0.15) is 36.8 Å². The second-order valence-corrected chi connectivity index (χ2v) is 5.56. The average Bonchev–Trinajstić information content (AvgIpc) is 2.93. The van der Waals surface area contributed by atoms with Crippen molar-refractivity contribution in [3.05, 3.63) is 29.3 Å². The van der Waals surface area contributed by atoms with E-state index < -0.39 is 0 Å². The SMILES string of the molecule is CC(CC1CC1c1cccc2c1CCO2)C(N)=O. The molecule has 18 heavy (non-hydrogen) atoms. The molecule has 0 radical (unpaired) electrons. The highest BCUT2D eigenvalue weighted by Crippen LogP contribution is 2.53. The van der Waals surface area contributed by atoms with E-state index in [4.69, 9.17) is 10.5 Å². The summed E-state index contributed by atoms with van der Waals surface area (Å²) in [6.45, 7) is 2.73. The summed E-state index contributed by atoms with van der Waals surface area (Å²) < 4.78 is 5.60. The Morgan fingerprint density at radius 2 is 2.39 bits per heavy atom. The van der Waals surface area contributed by atoms with Gasteiger partial charge in [0.2, 0.25) is 5.91 Å². The van der Waals surface area contributed by atoms with Crippen LogP contribution in [0.3, 0.4) is 0 Å². The third-order valence-electron chi connectivity index (χ3n) is 4.24. The van der Waals surface area contributed by atoms with Gasteiger partial charge in [0, 0.05) is 17.9 Å². The van der Waals surface area contributed by atoms with Crippen molar-refractivity contribution in [3.63, 3.8) is 0 Å². The Morgan fingerprint density at radius 1 is 1.56 bits per heavy atom. The van der Waals surface area contributed by atoms with E-state index in [0.29, 0.717) is 11.8 Å². The molecule has 0 saturated heterocycles. The molecule has 3 atom stereocenters. The van der Waals surface area contributed by atoms with Crippen molar-refractivity contribution in [2.24, 2.45) is 17.6 Å². The van der Waals surface area contributed by atoms with Crippen molar-refractivity contribution in [3.8, 4) is 5.75 Å². The van der Waals surface area contributed by atoms with Gasteiger partial charge >= 0.3 is 0 Å². The fourth-order valence-electron chi connectivity index (χ4n) is 3.06. The zero-order chi connectivity index (χ0) is 12.7. The normalized spacial score (nSPS) is 26.3. The lowest BCUT2D eigenvalue weighted by atomic mass is 9.97. The van der Waals surface area contributed by atoms with Crippen LogP contribution in [0, 0.1) is 11.8 Å². The van der Waals surface area contributed by atoms with Crippen molar-refractivity contribution in [2.45, 2.75) is 32.1 Å². The van der Waals surface area contributed by atoms with Crippen LogP contribution in [0.15, 0.2) is 18.2 Å². The summed E-state index contributed by atoms with van der Waals surface area (Å²) in [5.74, 6) is 2.11. The molecule has 0 bridgehead atoms. The number of nitrogens with two attached hydrogens (primary N) is 1. The summed E-state index contributed by atoms with van der Waals surface area (Å²) in [5.41, 5.74) is 8.15. The van der Waals surface area contributed by atoms with Gasteiger partial charge < -0.3 is 10.5 Å². The molecule has 1 amide bonds. The summed E-state index contributed by atoms with van der Waals surface area (Å²) in [4.78, 5) is 11.1. The van der Waals surface area contributed by atoms with Gasteiger partial charge in [-0.05, 0) is 36.3 Å². The van der Waals surface area contributed by atoms with E-state index in [9.17, 15) is 4.79 Å². The quantitative estimate of drug-likeness (QED) is 0.884. The molecule has 3 rings (SSSR count). The van der Waals surface area contributed by atoms with Gasteiger partial charge in [0.05, 0.1) is 6.61 Å². The molecule has 1 saturated carbocycles. The zero-order valence-corrected chi connectivity index (χ0v) is 10.7. The highest BCUT2D eigenvalue weighted by atomic mass is 16.5. The smallest absolute Gasteiger partial charge is 0.220 e. The van der Waals surface area contributed by atoms with E-state index >= 15 is 0 Å². The monoisotopic (exact) mass is 245 g/mol. The minimum absolute atomic E-state index is 0.00647. The molecule has 3 unspecified atom stereocenters. The van der Waals surface area contributed by atoms with Crippen LogP contribution in [-0.2, 0) is 11.2 Å². The van der Waals surface area contributed by atoms with Crippen molar-refractivity contribution in [1.29, 1.82) is 0 Å². The van der Waals surface area contributed by atoms with Gasteiger partial charge in [0.25, 0.3) is 0 Å². The number of carbonyl (C=O) groups excluding carboxylic acids is 1. The Kier molecular flexibility index (Phi) is 2.77. The molecular weight excluding hydrogens is 226 g/mol. The minimum Gasteiger partial charge on any atom is -0.493 e. The molecule has 3 heteroatoms. The first-order valence-electron chi connectivity index (χ1n) is 6.70. The van der Waals surface area contributed by atoms with E-state index in [1.54, 1.807) is 0 Å². The van der Waals surface area contributed by atoms with Crippen LogP contribution in [0.2, 0.25) is 0 Å². The Bertz CT molecular complexity index is 483. The largest absolute Gasteiger partial charge is 0.493 e. The molecule has 1 aliphatic carbocycles. The fraction of sp³-hybridized carbons (Fsp3) is 0.533. The molecule has 0 aromatic heterocycles. The Morgan fingerprint density at radius 3 is 3.17 bits per heavy atom. The summed E-state index contributed by atoms with van der Waals surface area (Å²) in [5, 5.41) is 0. The molecular formula is C15H19NO2. The number of ether oxygens (including phenoxy) is 1. The lowest BCUT2D eigenvalue weighted by Crippen LogP contribution is -2.20. The first-order valence-corrected chi connectivity index (χ1v) is 6.70. The number of primary amides is 1. The van der Waals surface area contributed by atoms with E-state index in [1.165, 1.54) is 17.5 Å². The second kappa shape index (κ2) is 4.30. The lowest BCUT2D eigenvalue weighted by molar-refractivity contribution is -0.121. The highest BCUT2D eigenvalue weighted by molar-refractivity contribution is 5.76. The van der Waals surface area contributed by atoms with Crippen molar-refractivity contribution in [2.75, 3.05) is 6.61 Å². The lowest BCUT2D eigenvalue weighted by Gasteiger charge is -2.08. The van der Waals surface area contributed by atoms with Crippen LogP contribution in [0.25, 0.3) is 0 Å². The molecule has 96 valence electrons. The van der Waals surface area contributed by atoms with Crippen LogP contribution in [0.4, 0.5) is 0 Å². The second-order valence-electron chi connectivity index (χ2n) is 5.56. The fourth-order valence-corrected chi connectivity index (χ4v) is 3.06. The summed E-state index contributed by atoms with van der Waals surface area (Å²) >= 11 is 0. The van der Waals surface area contributed by atoms with E-state index in [-0.39, 0.29) is 11.8 Å². The highest BCUT2D eigenvalue weighted by Gasteiger charge is 2.41. The molecule has 0 spiro atoms. The third-order valence-corrected chi connectivity index (χ3v) is 4.24. The van der Waals surface area contributed by atoms with Crippen molar-refractivity contribution < 1.29 is 9.53 Å². The molecule has 2 N–H and O–H groups in total. The number of amides is 1. The van der Waals surface area contributed by atoms with E-state index in [2.05, 4.69) is 18.2 Å². The molecule has 1 fully saturated rings. The van der Waals surface area contributed by atoms with E-state index in [1.807, 2.05) is 6.92 Å². The number of hydrogen-bond acceptors (Lipinski definition) is 2. The first-order chi connectivity index (χ1) is 8.66. The van der Waals surface area contributed by atoms with Crippen LogP contribution in [-0.4, -0.2) is 12.5 Å². The zero-order valence-electron chi connectivity index (χ0n) is 10.7. The average molecular weight is 245 g/mol. The van der Waals surface area contributed by atoms with Crippen LogP contribution in [0.5, 0.6) is 5.75 Å². The van der Waals surface area contributed by atoms with E-state index in [0.717, 1.165) is 25.2 Å². The third kappa shape index (κ3) is 1.98. The van der Waals surface area contributed by atoms with Crippen LogP contribution >= 0.6 is 0 Å². The topological polar surface area (TPSA) is 52.3 Å². The molecule has 1 heterocycles. The molecule has 1 aliphatic heterocycles.